The second-order valence-corrected chi connectivity index (χ2v) is 11.6. The van der Waals surface area contributed by atoms with Crippen molar-refractivity contribution in [3.05, 3.63) is 79.9 Å². The third kappa shape index (κ3) is 6.77. The number of hydrogen-bond acceptors (Lipinski definition) is 6. The number of carbonyl (C=O) groups is 3. The van der Waals surface area contributed by atoms with Crippen molar-refractivity contribution in [2.75, 3.05) is 0 Å². The van der Waals surface area contributed by atoms with Crippen molar-refractivity contribution in [2.24, 2.45) is 0 Å². The average molecular weight is 607 g/mol. The summed E-state index contributed by atoms with van der Waals surface area (Å²) in [5.74, 6) is -1.18. The van der Waals surface area contributed by atoms with Gasteiger partial charge in [-0.3, -0.25) is 9.59 Å². The zero-order chi connectivity index (χ0) is 30.7. The minimum atomic E-state index is -1.18. The van der Waals surface area contributed by atoms with Crippen molar-refractivity contribution in [1.82, 2.24) is 10.6 Å². The second kappa shape index (κ2) is 13.0. The molecule has 1 aliphatic carbocycles. The molecule has 0 saturated heterocycles. The van der Waals surface area contributed by atoms with Crippen LogP contribution in [0.1, 0.15) is 67.0 Å². The number of aryl methyl sites for hydroxylation is 3. The summed E-state index contributed by atoms with van der Waals surface area (Å²) in [6.45, 7) is 3.72. The summed E-state index contributed by atoms with van der Waals surface area (Å²) < 4.78 is 11.7. The summed E-state index contributed by atoms with van der Waals surface area (Å²) in [6, 6.07) is 8.41. The van der Waals surface area contributed by atoms with Gasteiger partial charge in [-0.1, -0.05) is 37.1 Å². The fourth-order valence-corrected chi connectivity index (χ4v) is 5.95. The molecule has 0 aliphatic heterocycles. The smallest absolute Gasteiger partial charge is 0.339 e. The normalized spacial score (nSPS) is 14.3. The highest BCUT2D eigenvalue weighted by atomic mass is 35.5. The number of hydrogen-bond donors (Lipinski definition) is 3. The van der Waals surface area contributed by atoms with Crippen molar-refractivity contribution in [1.29, 1.82) is 0 Å². The highest BCUT2D eigenvalue weighted by Gasteiger charge is 2.27. The van der Waals surface area contributed by atoms with Crippen LogP contribution in [0.2, 0.25) is 5.02 Å². The highest BCUT2D eigenvalue weighted by Crippen LogP contribution is 2.35. The van der Waals surface area contributed by atoms with Gasteiger partial charge < -0.3 is 24.6 Å². The largest absolute Gasteiger partial charge is 0.480 e. The molecule has 1 aliphatic rings. The molecule has 0 fully saturated rings. The second-order valence-electron chi connectivity index (χ2n) is 11.2. The van der Waals surface area contributed by atoms with E-state index in [-0.39, 0.29) is 19.3 Å². The standard InChI is InChI=1S/C33H35ClN2O7/c1-3-6-25(31(38)36-26(32(39)40)15-19-9-11-20(34)12-10-19)35-30(37)14-13-21-18(2)23-16-24-22-7-4-5-8-27(22)42-29(24)17-28(23)43-33(21)41/h9-12,16-17,25-26H,3-8,13-15H2,1-2H3,(H,35,37)(H,36,38)(H,39,40)/t25-,26+/m0/s1. The summed E-state index contributed by atoms with van der Waals surface area (Å²) in [6.07, 6.45) is 5.14. The van der Waals surface area contributed by atoms with Crippen LogP contribution in [0.25, 0.3) is 21.9 Å². The Morgan fingerprint density at radius 3 is 2.42 bits per heavy atom. The lowest BCUT2D eigenvalue weighted by Crippen LogP contribution is -2.52. The molecule has 2 atom stereocenters. The van der Waals surface area contributed by atoms with Crippen LogP contribution in [0.4, 0.5) is 0 Å². The molecule has 0 unspecified atom stereocenters. The number of fused-ring (bicyclic) bond motifs is 4. The molecule has 2 aromatic heterocycles. The molecule has 4 aromatic rings. The summed E-state index contributed by atoms with van der Waals surface area (Å²) in [5, 5.41) is 17.4. The number of carbonyl (C=O) groups excluding carboxylic acids is 2. The average Bonchev–Trinajstić information content (AvgIpc) is 3.34. The van der Waals surface area contributed by atoms with E-state index >= 15 is 0 Å². The van der Waals surface area contributed by atoms with Crippen LogP contribution in [-0.4, -0.2) is 35.0 Å². The van der Waals surface area contributed by atoms with E-state index in [1.807, 2.05) is 19.9 Å². The first kappa shape index (κ1) is 30.4. The van der Waals surface area contributed by atoms with Crippen molar-refractivity contribution in [2.45, 2.75) is 83.7 Å². The number of furan rings is 1. The number of halogens is 1. The summed E-state index contributed by atoms with van der Waals surface area (Å²) in [7, 11) is 0. The van der Waals surface area contributed by atoms with E-state index in [1.54, 1.807) is 30.3 Å². The van der Waals surface area contributed by atoms with Crippen molar-refractivity contribution in [3.63, 3.8) is 0 Å². The molecule has 0 radical (unpaired) electrons. The lowest BCUT2D eigenvalue weighted by molar-refractivity contribution is -0.142. The Labute approximate surface area is 253 Å². The van der Waals surface area contributed by atoms with E-state index in [2.05, 4.69) is 10.6 Å². The van der Waals surface area contributed by atoms with Gasteiger partial charge in [-0.05, 0) is 68.4 Å². The lowest BCUT2D eigenvalue weighted by Gasteiger charge is -2.21. The van der Waals surface area contributed by atoms with E-state index in [4.69, 9.17) is 20.4 Å². The molecular weight excluding hydrogens is 572 g/mol. The Balaban J connectivity index is 1.27. The van der Waals surface area contributed by atoms with E-state index in [9.17, 15) is 24.3 Å². The number of carboxylic acids is 1. The topological polar surface area (TPSA) is 139 Å². The van der Waals surface area contributed by atoms with Gasteiger partial charge in [-0.15, -0.1) is 0 Å². The first-order valence-corrected chi connectivity index (χ1v) is 15.1. The fourth-order valence-electron chi connectivity index (χ4n) is 5.82. The third-order valence-electron chi connectivity index (χ3n) is 8.16. The van der Waals surface area contributed by atoms with Gasteiger partial charge in [0.1, 0.15) is 29.0 Å². The van der Waals surface area contributed by atoms with Crippen LogP contribution < -0.4 is 16.3 Å². The predicted molar refractivity (Wildman–Crippen MR) is 164 cm³/mol. The first-order chi connectivity index (χ1) is 20.6. The maximum Gasteiger partial charge on any atom is 0.339 e. The summed E-state index contributed by atoms with van der Waals surface area (Å²) >= 11 is 5.92. The zero-order valence-corrected chi connectivity index (χ0v) is 25.0. The monoisotopic (exact) mass is 606 g/mol. The van der Waals surface area contributed by atoms with E-state index < -0.39 is 35.5 Å². The number of rotatable bonds is 11. The van der Waals surface area contributed by atoms with Crippen LogP contribution in [0.5, 0.6) is 0 Å². The Kier molecular flexibility index (Phi) is 9.20. The summed E-state index contributed by atoms with van der Waals surface area (Å²) in [5.41, 5.74) is 3.72. The number of nitrogens with one attached hydrogen (secondary N) is 2. The predicted octanol–water partition coefficient (Wildman–Crippen LogP) is 5.41. The van der Waals surface area contributed by atoms with Gasteiger partial charge in [0.05, 0.1) is 0 Å². The van der Waals surface area contributed by atoms with Crippen LogP contribution in [0.3, 0.4) is 0 Å². The quantitative estimate of drug-likeness (QED) is 0.194. The first-order valence-electron chi connectivity index (χ1n) is 14.7. The maximum atomic E-state index is 13.1. The molecule has 2 heterocycles. The Hall–Kier alpha value is -4.11. The van der Waals surface area contributed by atoms with Gasteiger partial charge in [0.15, 0.2) is 0 Å². The van der Waals surface area contributed by atoms with Crippen molar-refractivity contribution >= 4 is 51.3 Å². The van der Waals surface area contributed by atoms with Crippen LogP contribution in [0.15, 0.2) is 50.0 Å². The van der Waals surface area contributed by atoms with E-state index in [0.717, 1.165) is 47.8 Å². The maximum absolute atomic E-state index is 13.1. The van der Waals surface area contributed by atoms with Gasteiger partial charge in [-0.25, -0.2) is 9.59 Å². The molecule has 226 valence electrons. The number of amides is 2. The molecule has 5 rings (SSSR count). The minimum Gasteiger partial charge on any atom is -0.480 e. The molecule has 3 N–H and O–H groups in total. The van der Waals surface area contributed by atoms with Crippen LogP contribution >= 0.6 is 11.6 Å². The lowest BCUT2D eigenvalue weighted by atomic mass is 9.94. The molecule has 9 nitrogen and oxygen atoms in total. The van der Waals surface area contributed by atoms with Gasteiger partial charge in [0.25, 0.3) is 0 Å². The molecule has 0 spiro atoms. The molecule has 0 saturated carbocycles. The number of carboxylic acid groups (broad SMARTS) is 1. The zero-order valence-electron chi connectivity index (χ0n) is 24.3. The Morgan fingerprint density at radius 1 is 0.977 bits per heavy atom. The van der Waals surface area contributed by atoms with Gasteiger partial charge >= 0.3 is 11.6 Å². The van der Waals surface area contributed by atoms with Crippen LogP contribution in [0, 0.1) is 6.92 Å². The van der Waals surface area contributed by atoms with Crippen LogP contribution in [-0.2, 0) is 40.1 Å². The molecule has 43 heavy (non-hydrogen) atoms. The highest BCUT2D eigenvalue weighted by molar-refractivity contribution is 6.30. The minimum absolute atomic E-state index is 0.0406. The molecule has 2 aromatic carbocycles. The van der Waals surface area contributed by atoms with Crippen molar-refractivity contribution < 1.29 is 28.3 Å². The Bertz CT molecular complexity index is 1740. The SMILES string of the molecule is CCC[C@H](NC(=O)CCc1c(C)c2cc3c4c(oc3cc2oc1=O)CCCC4)C(=O)N[C@H](Cc1ccc(Cl)cc1)C(=O)O. The molecule has 0 bridgehead atoms. The fraction of sp³-hybridized carbons (Fsp3) is 0.394. The van der Waals surface area contributed by atoms with Crippen molar-refractivity contribution in [3.8, 4) is 0 Å². The van der Waals surface area contributed by atoms with Gasteiger partial charge in [-0.2, -0.15) is 0 Å². The van der Waals surface area contributed by atoms with Gasteiger partial charge in [0.2, 0.25) is 11.8 Å². The molecule has 2 amide bonds. The molecule has 10 heteroatoms. The Morgan fingerprint density at radius 2 is 1.70 bits per heavy atom. The summed E-state index contributed by atoms with van der Waals surface area (Å²) in [4.78, 5) is 50.8. The number of benzene rings is 2. The van der Waals surface area contributed by atoms with E-state index in [1.165, 1.54) is 5.56 Å². The van der Waals surface area contributed by atoms with Gasteiger partial charge in [0, 0.05) is 52.3 Å². The number of aliphatic carboxylic acids is 1. The van der Waals surface area contributed by atoms with E-state index in [0.29, 0.717) is 40.2 Å². The third-order valence-corrected chi connectivity index (χ3v) is 8.41. The molecular formula is C33H35ClN2O7.